The van der Waals surface area contributed by atoms with E-state index in [1.807, 2.05) is 29.2 Å². The van der Waals surface area contributed by atoms with E-state index in [1.165, 1.54) is 5.39 Å². The average Bonchev–Trinajstić information content (AvgIpc) is 3.27. The number of H-pyrrole nitrogens is 2. The minimum Gasteiger partial charge on any atom is -0.351 e. The van der Waals surface area contributed by atoms with Crippen LogP contribution in [0.1, 0.15) is 21.7 Å². The Morgan fingerprint density at radius 3 is 2.91 bits per heavy atom. The van der Waals surface area contributed by atoms with Crippen LogP contribution in [0.5, 0.6) is 0 Å². The van der Waals surface area contributed by atoms with Crippen LogP contribution in [0, 0.1) is 0 Å². The molecule has 0 fully saturated rings. The molecule has 2 aromatic heterocycles. The van der Waals surface area contributed by atoms with Gasteiger partial charge >= 0.3 is 0 Å². The van der Waals surface area contributed by atoms with Crippen molar-refractivity contribution in [2.45, 2.75) is 13.1 Å². The van der Waals surface area contributed by atoms with Gasteiger partial charge in [-0.15, -0.1) is 0 Å². The van der Waals surface area contributed by atoms with Gasteiger partial charge in [0.1, 0.15) is 5.69 Å². The van der Waals surface area contributed by atoms with E-state index in [1.54, 1.807) is 6.20 Å². The van der Waals surface area contributed by atoms with E-state index in [0.717, 1.165) is 27.5 Å². The van der Waals surface area contributed by atoms with Gasteiger partial charge in [0.15, 0.2) is 0 Å². The number of nitrogens with one attached hydrogen (secondary N) is 2. The van der Waals surface area contributed by atoms with Crippen LogP contribution in [0.25, 0.3) is 21.7 Å². The van der Waals surface area contributed by atoms with E-state index in [4.69, 9.17) is 0 Å². The molecule has 0 spiro atoms. The van der Waals surface area contributed by atoms with Gasteiger partial charge in [0.25, 0.3) is 5.91 Å². The molecular weight excluding hydrogens is 288 g/mol. The number of hydrogen-bond donors (Lipinski definition) is 2. The number of hydrogen-bond acceptors (Lipinski definition) is 2. The summed E-state index contributed by atoms with van der Waals surface area (Å²) in [6.07, 6.45) is 1.79. The van der Waals surface area contributed by atoms with E-state index in [-0.39, 0.29) is 5.91 Å². The molecular formula is C18H14N4O. The fraction of sp³-hybridized carbons (Fsp3) is 0.111. The minimum atomic E-state index is 0.0230. The summed E-state index contributed by atoms with van der Waals surface area (Å²) in [5.41, 5.74) is 3.75. The van der Waals surface area contributed by atoms with Crippen molar-refractivity contribution < 1.29 is 4.79 Å². The van der Waals surface area contributed by atoms with Gasteiger partial charge in [-0.1, -0.05) is 30.3 Å². The summed E-state index contributed by atoms with van der Waals surface area (Å²) >= 11 is 0. The lowest BCUT2D eigenvalue weighted by molar-refractivity contribution is 0.0744. The van der Waals surface area contributed by atoms with Crippen molar-refractivity contribution in [3.8, 4) is 0 Å². The summed E-state index contributed by atoms with van der Waals surface area (Å²) in [6, 6.07) is 14.3. The van der Waals surface area contributed by atoms with Crippen molar-refractivity contribution >= 4 is 27.6 Å². The molecule has 1 aliphatic rings. The van der Waals surface area contributed by atoms with E-state index >= 15 is 0 Å². The molecule has 4 aromatic rings. The minimum absolute atomic E-state index is 0.0230. The third-order valence-corrected chi connectivity index (χ3v) is 4.56. The van der Waals surface area contributed by atoms with Gasteiger partial charge in [0.05, 0.1) is 18.4 Å². The standard InChI is InChI=1S/C18H14N4O/c23-18(22-9-12-8-19-21-17(12)10-22)16-7-14-13-4-2-1-3-11(13)5-6-15(14)20-16/h1-8,20H,9-10H2,(H,19,21). The normalized spacial score (nSPS) is 13.8. The van der Waals surface area contributed by atoms with Crippen LogP contribution >= 0.6 is 0 Å². The first-order valence-electron chi connectivity index (χ1n) is 7.60. The summed E-state index contributed by atoms with van der Waals surface area (Å²) in [4.78, 5) is 17.9. The second-order valence-corrected chi connectivity index (χ2v) is 5.97. The molecule has 1 amide bonds. The first kappa shape index (κ1) is 12.5. The first-order chi connectivity index (χ1) is 11.3. The zero-order chi connectivity index (χ0) is 15.4. The maximum absolute atomic E-state index is 12.8. The van der Waals surface area contributed by atoms with Gasteiger partial charge in [-0.05, 0) is 22.9 Å². The Kier molecular flexibility index (Phi) is 2.42. The van der Waals surface area contributed by atoms with Crippen LogP contribution in [-0.4, -0.2) is 26.0 Å². The largest absolute Gasteiger partial charge is 0.351 e. The highest BCUT2D eigenvalue weighted by Gasteiger charge is 2.26. The van der Waals surface area contributed by atoms with Crippen molar-refractivity contribution in [2.75, 3.05) is 0 Å². The molecule has 2 N–H and O–H groups in total. The highest BCUT2D eigenvalue weighted by atomic mass is 16.2. The van der Waals surface area contributed by atoms with Gasteiger partial charge in [0, 0.05) is 23.0 Å². The lowest BCUT2D eigenvalue weighted by Gasteiger charge is -2.13. The number of rotatable bonds is 1. The molecule has 0 radical (unpaired) electrons. The summed E-state index contributed by atoms with van der Waals surface area (Å²) in [6.45, 7) is 1.20. The van der Waals surface area contributed by atoms with Crippen LogP contribution in [-0.2, 0) is 13.1 Å². The van der Waals surface area contributed by atoms with E-state index < -0.39 is 0 Å². The first-order valence-corrected chi connectivity index (χ1v) is 7.60. The quantitative estimate of drug-likeness (QED) is 0.567. The van der Waals surface area contributed by atoms with E-state index in [2.05, 4.69) is 33.4 Å². The number of carbonyl (C=O) groups excluding carboxylic acids is 1. The Morgan fingerprint density at radius 1 is 1.09 bits per heavy atom. The Hall–Kier alpha value is -3.08. The Labute approximate surface area is 131 Å². The van der Waals surface area contributed by atoms with Crippen molar-refractivity contribution in [2.24, 2.45) is 0 Å². The Morgan fingerprint density at radius 2 is 2.00 bits per heavy atom. The number of amides is 1. The lowest BCUT2D eigenvalue weighted by Crippen LogP contribution is -2.25. The van der Waals surface area contributed by atoms with E-state index in [9.17, 15) is 4.79 Å². The maximum Gasteiger partial charge on any atom is 0.270 e. The summed E-state index contributed by atoms with van der Waals surface area (Å²) in [5, 5.41) is 10.4. The molecule has 5 heteroatoms. The second kappa shape index (κ2) is 4.46. The van der Waals surface area contributed by atoms with Crippen LogP contribution in [0.2, 0.25) is 0 Å². The molecule has 0 atom stereocenters. The maximum atomic E-state index is 12.8. The summed E-state index contributed by atoms with van der Waals surface area (Å²) in [5.74, 6) is 0.0230. The number of carbonyl (C=O) groups is 1. The molecule has 0 bridgehead atoms. The zero-order valence-corrected chi connectivity index (χ0v) is 12.3. The fourth-order valence-electron chi connectivity index (χ4n) is 3.38. The molecule has 112 valence electrons. The highest BCUT2D eigenvalue weighted by Crippen LogP contribution is 2.28. The molecule has 0 aliphatic carbocycles. The number of aromatic nitrogens is 3. The van der Waals surface area contributed by atoms with Crippen LogP contribution in [0.3, 0.4) is 0 Å². The monoisotopic (exact) mass is 302 g/mol. The topological polar surface area (TPSA) is 64.8 Å². The molecule has 0 saturated heterocycles. The summed E-state index contributed by atoms with van der Waals surface area (Å²) in [7, 11) is 0. The molecule has 0 saturated carbocycles. The van der Waals surface area contributed by atoms with Crippen molar-refractivity contribution in [1.82, 2.24) is 20.1 Å². The van der Waals surface area contributed by atoms with Crippen molar-refractivity contribution in [3.63, 3.8) is 0 Å². The fourth-order valence-corrected chi connectivity index (χ4v) is 3.38. The van der Waals surface area contributed by atoms with Crippen LogP contribution < -0.4 is 0 Å². The van der Waals surface area contributed by atoms with Crippen molar-refractivity contribution in [3.05, 3.63) is 65.6 Å². The average molecular weight is 302 g/mol. The molecule has 5 rings (SSSR count). The lowest BCUT2D eigenvalue weighted by atomic mass is 10.1. The molecule has 23 heavy (non-hydrogen) atoms. The van der Waals surface area contributed by atoms with Gasteiger partial charge in [-0.25, -0.2) is 0 Å². The SMILES string of the molecule is O=C(c1cc2c(ccc3ccccc32)[nH]1)N1Cc2cn[nH]c2C1. The highest BCUT2D eigenvalue weighted by molar-refractivity contribution is 6.09. The third kappa shape index (κ3) is 1.80. The molecule has 0 unspecified atom stereocenters. The molecule has 5 nitrogen and oxygen atoms in total. The predicted molar refractivity (Wildman–Crippen MR) is 88.0 cm³/mol. The van der Waals surface area contributed by atoms with Gasteiger partial charge in [0.2, 0.25) is 0 Å². The van der Waals surface area contributed by atoms with Gasteiger partial charge in [-0.3, -0.25) is 9.89 Å². The molecule has 2 aromatic carbocycles. The molecule has 3 heterocycles. The van der Waals surface area contributed by atoms with Gasteiger partial charge < -0.3 is 9.88 Å². The van der Waals surface area contributed by atoms with Gasteiger partial charge in [-0.2, -0.15) is 5.10 Å². The van der Waals surface area contributed by atoms with Crippen molar-refractivity contribution in [1.29, 1.82) is 0 Å². The Balaban J connectivity index is 1.57. The third-order valence-electron chi connectivity index (χ3n) is 4.56. The smallest absolute Gasteiger partial charge is 0.270 e. The number of aromatic amines is 2. The number of benzene rings is 2. The second-order valence-electron chi connectivity index (χ2n) is 5.97. The predicted octanol–water partition coefficient (Wildman–Crippen LogP) is 3.20. The van der Waals surface area contributed by atoms with Crippen LogP contribution in [0.4, 0.5) is 0 Å². The Bertz CT molecular complexity index is 1040. The zero-order valence-electron chi connectivity index (χ0n) is 12.3. The van der Waals surface area contributed by atoms with E-state index in [0.29, 0.717) is 18.8 Å². The number of fused-ring (bicyclic) bond motifs is 4. The summed E-state index contributed by atoms with van der Waals surface area (Å²) < 4.78 is 0. The number of nitrogens with zero attached hydrogens (tertiary/aromatic N) is 2. The molecule has 1 aliphatic heterocycles. The van der Waals surface area contributed by atoms with Crippen LogP contribution in [0.15, 0.2) is 48.7 Å².